The largest absolute Gasteiger partial charge is 0.317 e. The summed E-state index contributed by atoms with van der Waals surface area (Å²) in [5, 5.41) is 3.22. The first-order valence-corrected chi connectivity index (χ1v) is 8.84. The minimum Gasteiger partial charge on any atom is -0.317 e. The molecule has 1 N–H and O–H groups in total. The number of nitrogens with zero attached hydrogens (tertiary/aromatic N) is 2. The van der Waals surface area contributed by atoms with Crippen molar-refractivity contribution in [3.63, 3.8) is 0 Å². The van der Waals surface area contributed by atoms with Gasteiger partial charge in [-0.2, -0.15) is 17.0 Å². The molecule has 0 aromatic carbocycles. The van der Waals surface area contributed by atoms with Gasteiger partial charge in [0.1, 0.15) is 0 Å². The number of hydrogen-bond donors (Lipinski definition) is 1. The Kier molecular flexibility index (Phi) is 7.28. The molecule has 0 spiro atoms. The lowest BCUT2D eigenvalue weighted by Crippen LogP contribution is -2.47. The van der Waals surface area contributed by atoms with Gasteiger partial charge in [-0.3, -0.25) is 0 Å². The first kappa shape index (κ1) is 16.9. The van der Waals surface area contributed by atoms with Crippen LogP contribution in [0.15, 0.2) is 0 Å². The molecule has 114 valence electrons. The molecular weight excluding hydrogens is 262 g/mol. The van der Waals surface area contributed by atoms with Crippen LogP contribution in [0, 0.1) is 5.92 Å². The predicted octanol–water partition coefficient (Wildman–Crippen LogP) is 1.28. The minimum atomic E-state index is -3.25. The SMILES string of the molecule is CCNCCCN(C)S(=O)(=O)N1CCCC(CC)C1. The summed E-state index contributed by atoms with van der Waals surface area (Å²) in [6.07, 6.45) is 4.07. The van der Waals surface area contributed by atoms with E-state index in [-0.39, 0.29) is 0 Å². The van der Waals surface area contributed by atoms with Crippen molar-refractivity contribution in [3.8, 4) is 0 Å². The van der Waals surface area contributed by atoms with Gasteiger partial charge >= 0.3 is 0 Å². The molecule has 1 atom stereocenters. The summed E-state index contributed by atoms with van der Waals surface area (Å²) in [4.78, 5) is 0. The molecular formula is C13H29N3O2S. The van der Waals surface area contributed by atoms with Crippen LogP contribution in [0.2, 0.25) is 0 Å². The molecule has 0 bridgehead atoms. The maximum Gasteiger partial charge on any atom is 0.281 e. The molecule has 0 aromatic heterocycles. The summed E-state index contributed by atoms with van der Waals surface area (Å²) in [6, 6.07) is 0. The maximum atomic E-state index is 12.4. The number of rotatable bonds is 8. The molecule has 5 nitrogen and oxygen atoms in total. The van der Waals surface area contributed by atoms with Gasteiger partial charge in [-0.05, 0) is 38.3 Å². The molecule has 19 heavy (non-hydrogen) atoms. The Balaban J connectivity index is 2.48. The lowest BCUT2D eigenvalue weighted by atomic mass is 9.97. The average Bonchev–Trinajstić information content (AvgIpc) is 2.43. The maximum absolute atomic E-state index is 12.4. The third-order valence-electron chi connectivity index (χ3n) is 3.86. The third kappa shape index (κ3) is 5.02. The monoisotopic (exact) mass is 291 g/mol. The molecule has 0 radical (unpaired) electrons. The van der Waals surface area contributed by atoms with E-state index < -0.39 is 10.2 Å². The minimum absolute atomic E-state index is 0.527. The second-order valence-electron chi connectivity index (χ2n) is 5.31. The first-order chi connectivity index (χ1) is 9.02. The first-order valence-electron chi connectivity index (χ1n) is 7.44. The Labute approximate surface area is 118 Å². The van der Waals surface area contributed by atoms with Crippen molar-refractivity contribution in [3.05, 3.63) is 0 Å². The molecule has 6 heteroatoms. The quantitative estimate of drug-likeness (QED) is 0.686. The fourth-order valence-corrected chi connectivity index (χ4v) is 4.00. The lowest BCUT2D eigenvalue weighted by Gasteiger charge is -2.34. The van der Waals surface area contributed by atoms with Crippen molar-refractivity contribution in [1.82, 2.24) is 13.9 Å². The van der Waals surface area contributed by atoms with Crippen LogP contribution >= 0.6 is 0 Å². The van der Waals surface area contributed by atoms with Gasteiger partial charge in [0.25, 0.3) is 10.2 Å². The van der Waals surface area contributed by atoms with Gasteiger partial charge in [0.05, 0.1) is 0 Å². The van der Waals surface area contributed by atoms with E-state index in [9.17, 15) is 8.42 Å². The van der Waals surface area contributed by atoms with Gasteiger partial charge < -0.3 is 5.32 Å². The molecule has 1 heterocycles. The summed E-state index contributed by atoms with van der Waals surface area (Å²) in [5.41, 5.74) is 0. The van der Waals surface area contributed by atoms with Crippen molar-refractivity contribution in [2.45, 2.75) is 39.5 Å². The zero-order valence-corrected chi connectivity index (χ0v) is 13.4. The number of hydrogen-bond acceptors (Lipinski definition) is 3. The summed E-state index contributed by atoms with van der Waals surface area (Å²) < 4.78 is 28.1. The average molecular weight is 291 g/mol. The second-order valence-corrected chi connectivity index (χ2v) is 7.35. The highest BCUT2D eigenvalue weighted by molar-refractivity contribution is 7.86. The normalized spacial score (nSPS) is 22.0. The summed E-state index contributed by atoms with van der Waals surface area (Å²) in [5.74, 6) is 0.527. The Bertz CT molecular complexity index is 346. The summed E-state index contributed by atoms with van der Waals surface area (Å²) in [6.45, 7) is 7.95. The van der Waals surface area contributed by atoms with Gasteiger partial charge in [-0.15, -0.1) is 0 Å². The molecule has 0 amide bonds. The van der Waals surface area contributed by atoms with Gasteiger partial charge in [-0.1, -0.05) is 20.3 Å². The van der Waals surface area contributed by atoms with E-state index >= 15 is 0 Å². The Hall–Kier alpha value is -0.170. The van der Waals surface area contributed by atoms with E-state index in [4.69, 9.17) is 0 Å². The Morgan fingerprint density at radius 3 is 2.74 bits per heavy atom. The smallest absolute Gasteiger partial charge is 0.281 e. The molecule has 1 aliphatic rings. The standard InChI is InChI=1S/C13H29N3O2S/c1-4-13-8-6-11-16(12-13)19(17,18)15(3)10-7-9-14-5-2/h13-14H,4-12H2,1-3H3. The fourth-order valence-electron chi connectivity index (χ4n) is 2.49. The van der Waals surface area contributed by atoms with Crippen LogP contribution in [0.25, 0.3) is 0 Å². The van der Waals surface area contributed by atoms with Crippen molar-refractivity contribution in [1.29, 1.82) is 0 Å². The Morgan fingerprint density at radius 1 is 1.37 bits per heavy atom. The van der Waals surface area contributed by atoms with Crippen LogP contribution in [0.3, 0.4) is 0 Å². The Morgan fingerprint density at radius 2 is 2.11 bits per heavy atom. The van der Waals surface area contributed by atoms with Gasteiger partial charge in [0.15, 0.2) is 0 Å². The highest BCUT2D eigenvalue weighted by atomic mass is 32.2. The highest BCUT2D eigenvalue weighted by Gasteiger charge is 2.30. The van der Waals surface area contributed by atoms with Crippen LogP contribution in [0.4, 0.5) is 0 Å². The van der Waals surface area contributed by atoms with Crippen LogP contribution < -0.4 is 5.32 Å². The van der Waals surface area contributed by atoms with E-state index in [2.05, 4.69) is 19.2 Å². The molecule has 1 rings (SSSR count). The molecule has 1 aliphatic heterocycles. The zero-order valence-electron chi connectivity index (χ0n) is 12.6. The van der Waals surface area contributed by atoms with Gasteiger partial charge in [0.2, 0.25) is 0 Å². The van der Waals surface area contributed by atoms with E-state index in [1.807, 2.05) is 0 Å². The fraction of sp³-hybridized carbons (Fsp3) is 1.00. The van der Waals surface area contributed by atoms with Crippen LogP contribution in [-0.4, -0.2) is 56.8 Å². The molecule has 0 aliphatic carbocycles. The van der Waals surface area contributed by atoms with Gasteiger partial charge in [-0.25, -0.2) is 0 Å². The molecule has 0 saturated carbocycles. The van der Waals surface area contributed by atoms with Crippen molar-refractivity contribution in [2.75, 3.05) is 39.8 Å². The van der Waals surface area contributed by atoms with Crippen LogP contribution in [0.1, 0.15) is 39.5 Å². The second kappa shape index (κ2) is 8.19. The zero-order chi connectivity index (χ0) is 14.3. The predicted molar refractivity (Wildman–Crippen MR) is 79.3 cm³/mol. The molecule has 0 aromatic rings. The topological polar surface area (TPSA) is 52.7 Å². The van der Waals surface area contributed by atoms with Crippen LogP contribution in [-0.2, 0) is 10.2 Å². The van der Waals surface area contributed by atoms with E-state index in [0.717, 1.165) is 38.8 Å². The number of nitrogens with one attached hydrogen (secondary N) is 1. The third-order valence-corrected chi connectivity index (χ3v) is 5.81. The van der Waals surface area contributed by atoms with Gasteiger partial charge in [0, 0.05) is 26.7 Å². The van der Waals surface area contributed by atoms with E-state index in [1.54, 1.807) is 11.4 Å². The summed E-state index contributed by atoms with van der Waals surface area (Å²) in [7, 11) is -1.56. The number of piperidine rings is 1. The lowest BCUT2D eigenvalue weighted by molar-refractivity contribution is 0.247. The molecule has 1 unspecified atom stereocenters. The summed E-state index contributed by atoms with van der Waals surface area (Å²) >= 11 is 0. The van der Waals surface area contributed by atoms with Crippen molar-refractivity contribution < 1.29 is 8.42 Å². The van der Waals surface area contributed by atoms with Crippen molar-refractivity contribution >= 4 is 10.2 Å². The van der Waals surface area contributed by atoms with E-state index in [0.29, 0.717) is 25.6 Å². The van der Waals surface area contributed by atoms with Crippen LogP contribution in [0.5, 0.6) is 0 Å². The molecule has 1 saturated heterocycles. The molecule has 1 fully saturated rings. The van der Waals surface area contributed by atoms with Crippen molar-refractivity contribution in [2.24, 2.45) is 5.92 Å². The van der Waals surface area contributed by atoms with E-state index in [1.165, 1.54) is 4.31 Å². The highest BCUT2D eigenvalue weighted by Crippen LogP contribution is 2.22.